The summed E-state index contributed by atoms with van der Waals surface area (Å²) in [5.41, 5.74) is 1.07. The van der Waals surface area contributed by atoms with E-state index in [1.807, 2.05) is 12.1 Å². The van der Waals surface area contributed by atoms with Crippen molar-refractivity contribution in [2.75, 3.05) is 11.5 Å². The summed E-state index contributed by atoms with van der Waals surface area (Å²) in [6, 6.07) is 12.9. The van der Waals surface area contributed by atoms with Crippen molar-refractivity contribution in [1.29, 1.82) is 0 Å². The van der Waals surface area contributed by atoms with Crippen LogP contribution >= 0.6 is 11.6 Å². The quantitative estimate of drug-likeness (QED) is 0.831. The molecule has 1 atom stereocenters. The fourth-order valence-electron chi connectivity index (χ4n) is 2.27. The van der Waals surface area contributed by atoms with Gasteiger partial charge in [-0.2, -0.15) is 0 Å². The van der Waals surface area contributed by atoms with Crippen molar-refractivity contribution in [3.8, 4) is 0 Å². The summed E-state index contributed by atoms with van der Waals surface area (Å²) in [7, 11) is 0. The summed E-state index contributed by atoms with van der Waals surface area (Å²) in [5, 5.41) is 0.608. The van der Waals surface area contributed by atoms with E-state index in [9.17, 15) is 9.18 Å². The Labute approximate surface area is 120 Å². The Morgan fingerprint density at radius 3 is 2.55 bits per heavy atom. The number of para-hydroxylation sites is 1. The summed E-state index contributed by atoms with van der Waals surface area (Å²) in [6.45, 7) is 0.189. The Morgan fingerprint density at radius 2 is 1.85 bits per heavy atom. The third-order valence-electron chi connectivity index (χ3n) is 3.24. The first-order chi connectivity index (χ1) is 9.66. The molecule has 2 aromatic carbocycles. The first kappa shape index (κ1) is 12.9. The lowest BCUT2D eigenvalue weighted by atomic mass is 10.1. The monoisotopic (exact) mass is 291 g/mol. The lowest BCUT2D eigenvalue weighted by Crippen LogP contribution is -2.28. The molecular formula is C15H11ClFNO2. The Balaban J connectivity index is 2.01. The molecule has 0 bridgehead atoms. The number of benzene rings is 2. The molecule has 0 radical (unpaired) electrons. The molecule has 102 valence electrons. The van der Waals surface area contributed by atoms with Gasteiger partial charge in [0.2, 0.25) is 0 Å². The topological polar surface area (TPSA) is 29.5 Å². The first-order valence-electron chi connectivity index (χ1n) is 6.13. The summed E-state index contributed by atoms with van der Waals surface area (Å²) in [6.07, 6.45) is -0.546. The van der Waals surface area contributed by atoms with Gasteiger partial charge in [-0.3, -0.25) is 4.90 Å². The molecule has 1 heterocycles. The number of nitrogens with zero attached hydrogens (tertiary/aromatic N) is 1. The van der Waals surface area contributed by atoms with E-state index in [2.05, 4.69) is 0 Å². The Hall–Kier alpha value is -2.07. The number of halogens is 2. The van der Waals surface area contributed by atoms with Gasteiger partial charge in [0.15, 0.2) is 0 Å². The second-order valence-corrected chi connectivity index (χ2v) is 4.90. The summed E-state index contributed by atoms with van der Waals surface area (Å²) in [5.74, 6) is -0.453. The number of hydrogen-bond acceptors (Lipinski definition) is 2. The van der Waals surface area contributed by atoms with E-state index in [0.717, 1.165) is 5.56 Å². The molecule has 5 heteroatoms. The molecule has 3 nitrogen and oxygen atoms in total. The van der Waals surface area contributed by atoms with Crippen LogP contribution in [0.1, 0.15) is 11.6 Å². The summed E-state index contributed by atoms with van der Waals surface area (Å²) in [4.78, 5) is 13.2. The van der Waals surface area contributed by atoms with Gasteiger partial charge in [0.05, 0.1) is 11.7 Å². The molecule has 1 saturated heterocycles. The number of carbonyl (C=O) groups excluding carboxylic acids is 1. The van der Waals surface area contributed by atoms with E-state index >= 15 is 0 Å². The van der Waals surface area contributed by atoms with Crippen LogP contribution in [0.25, 0.3) is 0 Å². The molecule has 0 saturated carbocycles. The van der Waals surface area contributed by atoms with Crippen LogP contribution in [0.5, 0.6) is 0 Å². The molecule has 3 rings (SSSR count). The average molecular weight is 292 g/mol. The number of carbonyl (C=O) groups is 1. The molecular weight excluding hydrogens is 281 g/mol. The highest BCUT2D eigenvalue weighted by atomic mass is 35.5. The van der Waals surface area contributed by atoms with Crippen LogP contribution in [0.2, 0.25) is 5.02 Å². The molecule has 0 N–H and O–H groups in total. The SMILES string of the molecule is O=C1OCC(c2ccc(Cl)cc2)N1c1ccccc1F. The zero-order valence-corrected chi connectivity index (χ0v) is 11.2. The fourth-order valence-corrected chi connectivity index (χ4v) is 2.39. The molecule has 1 unspecified atom stereocenters. The lowest BCUT2D eigenvalue weighted by Gasteiger charge is -2.22. The van der Waals surface area contributed by atoms with E-state index < -0.39 is 11.9 Å². The minimum atomic E-state index is -0.546. The van der Waals surface area contributed by atoms with Crippen molar-refractivity contribution in [1.82, 2.24) is 0 Å². The summed E-state index contributed by atoms with van der Waals surface area (Å²) >= 11 is 5.85. The van der Waals surface area contributed by atoms with Gasteiger partial charge in [0.25, 0.3) is 0 Å². The standard InChI is InChI=1S/C15H11ClFNO2/c16-11-7-5-10(6-8-11)14-9-20-15(19)18(14)13-4-2-1-3-12(13)17/h1-8,14H,9H2. The molecule has 1 amide bonds. The van der Waals surface area contributed by atoms with E-state index in [4.69, 9.17) is 16.3 Å². The van der Waals surface area contributed by atoms with Crippen molar-refractivity contribution >= 4 is 23.4 Å². The van der Waals surface area contributed by atoms with E-state index in [-0.39, 0.29) is 18.3 Å². The predicted octanol–water partition coefficient (Wildman–Crippen LogP) is 4.18. The normalized spacial score (nSPS) is 18.2. The minimum Gasteiger partial charge on any atom is -0.447 e. The van der Waals surface area contributed by atoms with Crippen LogP contribution in [0.3, 0.4) is 0 Å². The Bertz CT molecular complexity index is 645. The van der Waals surface area contributed by atoms with Gasteiger partial charge < -0.3 is 4.74 Å². The maximum Gasteiger partial charge on any atom is 0.415 e. The highest BCUT2D eigenvalue weighted by Gasteiger charge is 2.36. The van der Waals surface area contributed by atoms with E-state index in [1.54, 1.807) is 30.3 Å². The van der Waals surface area contributed by atoms with Gasteiger partial charge in [-0.25, -0.2) is 9.18 Å². The molecule has 1 fully saturated rings. The number of anilines is 1. The number of hydrogen-bond donors (Lipinski definition) is 0. The number of ether oxygens (including phenoxy) is 1. The van der Waals surface area contributed by atoms with Crippen molar-refractivity contribution in [3.05, 3.63) is 64.9 Å². The van der Waals surface area contributed by atoms with Crippen LogP contribution in [-0.4, -0.2) is 12.7 Å². The smallest absolute Gasteiger partial charge is 0.415 e. The van der Waals surface area contributed by atoms with Crippen molar-refractivity contribution in [3.63, 3.8) is 0 Å². The predicted molar refractivity (Wildman–Crippen MR) is 74.4 cm³/mol. The van der Waals surface area contributed by atoms with Gasteiger partial charge in [0, 0.05) is 5.02 Å². The highest BCUT2D eigenvalue weighted by molar-refractivity contribution is 6.30. The largest absolute Gasteiger partial charge is 0.447 e. The van der Waals surface area contributed by atoms with Gasteiger partial charge in [-0.15, -0.1) is 0 Å². The number of rotatable bonds is 2. The zero-order chi connectivity index (χ0) is 14.1. The van der Waals surface area contributed by atoms with Crippen molar-refractivity contribution in [2.24, 2.45) is 0 Å². The summed E-state index contributed by atoms with van der Waals surface area (Å²) < 4.78 is 19.0. The van der Waals surface area contributed by atoms with Crippen LogP contribution in [0.15, 0.2) is 48.5 Å². The first-order valence-corrected chi connectivity index (χ1v) is 6.50. The average Bonchev–Trinajstić information content (AvgIpc) is 2.82. The van der Waals surface area contributed by atoms with Gasteiger partial charge >= 0.3 is 6.09 Å². The highest BCUT2D eigenvalue weighted by Crippen LogP contribution is 2.34. The Morgan fingerprint density at radius 1 is 1.15 bits per heavy atom. The van der Waals surface area contributed by atoms with Crippen LogP contribution < -0.4 is 4.90 Å². The minimum absolute atomic E-state index is 0.189. The van der Waals surface area contributed by atoms with Crippen molar-refractivity contribution in [2.45, 2.75) is 6.04 Å². The molecule has 0 aliphatic carbocycles. The molecule has 1 aliphatic rings. The second kappa shape index (κ2) is 5.13. The van der Waals surface area contributed by atoms with Crippen LogP contribution in [-0.2, 0) is 4.74 Å². The third-order valence-corrected chi connectivity index (χ3v) is 3.49. The number of amides is 1. The third kappa shape index (κ3) is 2.23. The second-order valence-electron chi connectivity index (χ2n) is 4.47. The molecule has 0 aromatic heterocycles. The zero-order valence-electron chi connectivity index (χ0n) is 10.4. The van der Waals surface area contributed by atoms with Crippen LogP contribution in [0.4, 0.5) is 14.9 Å². The van der Waals surface area contributed by atoms with Gasteiger partial charge in [-0.1, -0.05) is 35.9 Å². The maximum absolute atomic E-state index is 13.9. The fraction of sp³-hybridized carbons (Fsp3) is 0.133. The van der Waals surface area contributed by atoms with Gasteiger partial charge in [0.1, 0.15) is 12.4 Å². The molecule has 1 aliphatic heterocycles. The van der Waals surface area contributed by atoms with Gasteiger partial charge in [-0.05, 0) is 29.8 Å². The number of cyclic esters (lactones) is 1. The van der Waals surface area contributed by atoms with E-state index in [1.165, 1.54) is 11.0 Å². The van der Waals surface area contributed by atoms with Crippen molar-refractivity contribution < 1.29 is 13.9 Å². The molecule has 20 heavy (non-hydrogen) atoms. The Kier molecular flexibility index (Phi) is 3.32. The molecule has 0 spiro atoms. The lowest BCUT2D eigenvalue weighted by molar-refractivity contribution is 0.179. The van der Waals surface area contributed by atoms with Crippen LogP contribution in [0, 0.1) is 5.82 Å². The van der Waals surface area contributed by atoms with E-state index in [0.29, 0.717) is 5.02 Å². The molecule has 2 aromatic rings. The maximum atomic E-state index is 13.9.